The molecule has 0 aromatic heterocycles. The third-order valence-corrected chi connectivity index (χ3v) is 4.90. The Hall–Kier alpha value is -0.870. The first-order valence-corrected chi connectivity index (χ1v) is 7.87. The highest BCUT2D eigenvalue weighted by Gasteiger charge is 2.39. The second kappa shape index (κ2) is 7.95. The lowest BCUT2D eigenvalue weighted by Gasteiger charge is -2.41. The minimum Gasteiger partial charge on any atom is -0.469 e. The van der Waals surface area contributed by atoms with Crippen molar-refractivity contribution in [1.82, 2.24) is 0 Å². The van der Waals surface area contributed by atoms with Gasteiger partial charge in [0.1, 0.15) is 0 Å². The smallest absolute Gasteiger partial charge is 0.311 e. The maximum atomic E-state index is 11.7. The van der Waals surface area contributed by atoms with Gasteiger partial charge in [-0.15, -0.1) is 6.58 Å². The van der Waals surface area contributed by atoms with Gasteiger partial charge in [0.15, 0.2) is 0 Å². The van der Waals surface area contributed by atoms with Crippen LogP contribution in [0.5, 0.6) is 0 Å². The molecule has 4 heteroatoms. The Morgan fingerprint density at radius 3 is 2.52 bits per heavy atom. The summed E-state index contributed by atoms with van der Waals surface area (Å²) in [7, 11) is 1.40. The zero-order chi connectivity index (χ0) is 16.2. The Morgan fingerprint density at radius 1 is 1.38 bits per heavy atom. The second-order valence-electron chi connectivity index (χ2n) is 6.45. The first-order chi connectivity index (χ1) is 9.83. The van der Waals surface area contributed by atoms with Crippen LogP contribution in [0, 0.1) is 23.7 Å². The van der Waals surface area contributed by atoms with Crippen molar-refractivity contribution in [1.29, 1.82) is 0 Å². The third-order valence-electron chi connectivity index (χ3n) is 4.90. The van der Waals surface area contributed by atoms with E-state index in [2.05, 4.69) is 13.5 Å². The van der Waals surface area contributed by atoms with Gasteiger partial charge in [0.2, 0.25) is 0 Å². The van der Waals surface area contributed by atoms with Gasteiger partial charge in [0.05, 0.1) is 31.3 Å². The molecule has 122 valence electrons. The molecule has 7 atom stereocenters. The molecule has 1 heterocycles. The lowest BCUT2D eigenvalue weighted by Crippen LogP contribution is -2.46. The Morgan fingerprint density at radius 2 is 2.00 bits per heavy atom. The van der Waals surface area contributed by atoms with Crippen LogP contribution in [-0.4, -0.2) is 36.5 Å². The Bertz CT molecular complexity index is 355. The predicted molar refractivity (Wildman–Crippen MR) is 82.8 cm³/mol. The molecule has 0 amide bonds. The van der Waals surface area contributed by atoms with Crippen molar-refractivity contribution in [3.63, 3.8) is 0 Å². The fourth-order valence-electron chi connectivity index (χ4n) is 3.16. The van der Waals surface area contributed by atoms with E-state index in [4.69, 9.17) is 9.47 Å². The highest BCUT2D eigenvalue weighted by molar-refractivity contribution is 5.72. The number of carbonyl (C=O) groups is 1. The molecule has 1 rings (SSSR count). The summed E-state index contributed by atoms with van der Waals surface area (Å²) >= 11 is 0. The van der Waals surface area contributed by atoms with Crippen molar-refractivity contribution in [3.05, 3.63) is 12.7 Å². The van der Waals surface area contributed by atoms with Crippen LogP contribution in [0.3, 0.4) is 0 Å². The zero-order valence-electron chi connectivity index (χ0n) is 13.9. The van der Waals surface area contributed by atoms with E-state index in [1.807, 2.05) is 20.8 Å². The zero-order valence-corrected chi connectivity index (χ0v) is 13.9. The molecule has 0 aliphatic carbocycles. The molecule has 0 unspecified atom stereocenters. The molecule has 0 radical (unpaired) electrons. The van der Waals surface area contributed by atoms with E-state index in [9.17, 15) is 9.90 Å². The van der Waals surface area contributed by atoms with Crippen LogP contribution < -0.4 is 0 Å². The van der Waals surface area contributed by atoms with Crippen LogP contribution in [0.4, 0.5) is 0 Å². The van der Waals surface area contributed by atoms with Crippen LogP contribution in [0.25, 0.3) is 0 Å². The molecule has 0 aromatic rings. The lowest BCUT2D eigenvalue weighted by molar-refractivity contribution is -0.167. The molecule has 0 aromatic carbocycles. The average Bonchev–Trinajstić information content (AvgIpc) is 2.51. The molecule has 1 fully saturated rings. The molecule has 4 nitrogen and oxygen atoms in total. The van der Waals surface area contributed by atoms with Gasteiger partial charge in [-0.2, -0.15) is 0 Å². The van der Waals surface area contributed by atoms with Crippen molar-refractivity contribution in [2.75, 3.05) is 7.11 Å². The van der Waals surface area contributed by atoms with Crippen LogP contribution in [0.15, 0.2) is 12.7 Å². The van der Waals surface area contributed by atoms with E-state index in [0.29, 0.717) is 5.92 Å². The van der Waals surface area contributed by atoms with Crippen molar-refractivity contribution in [2.24, 2.45) is 23.7 Å². The van der Waals surface area contributed by atoms with Crippen molar-refractivity contribution in [3.8, 4) is 0 Å². The lowest BCUT2D eigenvalue weighted by atomic mass is 9.79. The average molecular weight is 298 g/mol. The summed E-state index contributed by atoms with van der Waals surface area (Å²) in [6, 6.07) is 0. The number of ether oxygens (including phenoxy) is 2. The Labute approximate surface area is 128 Å². The number of methoxy groups -OCH3 is 1. The fraction of sp³-hybridized carbons (Fsp3) is 0.824. The predicted octanol–water partition coefficient (Wildman–Crippen LogP) is 2.80. The highest BCUT2D eigenvalue weighted by Crippen LogP contribution is 2.35. The van der Waals surface area contributed by atoms with Gasteiger partial charge in [0, 0.05) is 11.8 Å². The van der Waals surface area contributed by atoms with Gasteiger partial charge >= 0.3 is 5.97 Å². The van der Waals surface area contributed by atoms with Crippen LogP contribution in [-0.2, 0) is 14.3 Å². The summed E-state index contributed by atoms with van der Waals surface area (Å²) in [5.74, 6) is -0.116. The number of carbonyl (C=O) groups excluding carboxylic acids is 1. The first-order valence-electron chi connectivity index (χ1n) is 7.87. The maximum Gasteiger partial charge on any atom is 0.311 e. The number of hydrogen-bond donors (Lipinski definition) is 1. The number of aliphatic hydroxyl groups excluding tert-OH is 1. The Kier molecular flexibility index (Phi) is 6.88. The molecule has 1 aliphatic heterocycles. The quantitative estimate of drug-likeness (QED) is 0.605. The highest BCUT2D eigenvalue weighted by atomic mass is 16.5. The van der Waals surface area contributed by atoms with Crippen molar-refractivity contribution >= 4 is 5.97 Å². The normalized spacial score (nSPS) is 31.8. The summed E-state index contributed by atoms with van der Waals surface area (Å²) in [5.41, 5.74) is 0. The molecular weight excluding hydrogens is 268 g/mol. The minimum atomic E-state index is -0.484. The van der Waals surface area contributed by atoms with Crippen LogP contribution >= 0.6 is 0 Å². The van der Waals surface area contributed by atoms with Crippen molar-refractivity contribution < 1.29 is 19.4 Å². The second-order valence-corrected chi connectivity index (χ2v) is 6.45. The van der Waals surface area contributed by atoms with E-state index in [1.165, 1.54) is 7.11 Å². The largest absolute Gasteiger partial charge is 0.469 e. The van der Waals surface area contributed by atoms with Gasteiger partial charge in [0.25, 0.3) is 0 Å². The maximum absolute atomic E-state index is 11.7. The van der Waals surface area contributed by atoms with Crippen LogP contribution in [0.2, 0.25) is 0 Å². The number of hydrogen-bond acceptors (Lipinski definition) is 4. The van der Waals surface area contributed by atoms with E-state index >= 15 is 0 Å². The van der Waals surface area contributed by atoms with E-state index in [0.717, 1.165) is 12.8 Å². The van der Waals surface area contributed by atoms with Crippen LogP contribution in [0.1, 0.15) is 40.5 Å². The molecule has 21 heavy (non-hydrogen) atoms. The molecule has 0 spiro atoms. The van der Waals surface area contributed by atoms with Crippen molar-refractivity contribution in [2.45, 2.75) is 58.8 Å². The van der Waals surface area contributed by atoms with Gasteiger partial charge in [-0.25, -0.2) is 0 Å². The van der Waals surface area contributed by atoms with Gasteiger partial charge in [-0.3, -0.25) is 4.79 Å². The van der Waals surface area contributed by atoms with Gasteiger partial charge in [-0.1, -0.05) is 26.8 Å². The summed E-state index contributed by atoms with van der Waals surface area (Å²) in [5, 5.41) is 10.4. The SMILES string of the molecule is C=C[C@@H](C)[C@@H](O)[C@H](C)[C@H]1O[C@H]([C@H](C)C(=O)OC)CC[C@@H]1C. The monoisotopic (exact) mass is 298 g/mol. The molecule has 1 saturated heterocycles. The van der Waals surface area contributed by atoms with E-state index < -0.39 is 6.10 Å². The van der Waals surface area contributed by atoms with Gasteiger partial charge < -0.3 is 14.6 Å². The molecule has 1 N–H and O–H groups in total. The summed E-state index contributed by atoms with van der Waals surface area (Å²) in [6.07, 6.45) is 2.95. The summed E-state index contributed by atoms with van der Waals surface area (Å²) < 4.78 is 11.0. The minimum absolute atomic E-state index is 0.000599. The fourth-order valence-corrected chi connectivity index (χ4v) is 3.16. The summed E-state index contributed by atoms with van der Waals surface area (Å²) in [6.45, 7) is 11.7. The van der Waals surface area contributed by atoms with Gasteiger partial charge in [-0.05, 0) is 25.7 Å². The van der Waals surface area contributed by atoms with E-state index in [-0.39, 0.29) is 35.9 Å². The topological polar surface area (TPSA) is 55.8 Å². The molecular formula is C17H30O4. The van der Waals surface area contributed by atoms with E-state index in [1.54, 1.807) is 6.08 Å². The third kappa shape index (κ3) is 4.30. The Balaban J connectivity index is 2.76. The first kappa shape index (κ1) is 18.2. The number of rotatable bonds is 6. The number of aliphatic hydroxyl groups is 1. The number of esters is 1. The molecule has 0 saturated carbocycles. The standard InChI is InChI=1S/C17H30O4/c1-7-10(2)15(18)13(5)16-11(3)8-9-14(21-16)12(4)17(19)20-6/h7,10-16,18H,1,8-9H2,2-6H3/t10-,11+,12+,13+,14+,15-,16+/m1/s1. The molecule has 1 aliphatic rings. The molecule has 0 bridgehead atoms. The summed E-state index contributed by atoms with van der Waals surface area (Å²) in [4.78, 5) is 11.7.